The molecule has 0 amide bonds. The summed E-state index contributed by atoms with van der Waals surface area (Å²) in [6.45, 7) is 1.94. The SMILES string of the molecule is CC=CC=C[C@@H]1Cc2cc(O)cc(O)c2O1. The Morgan fingerprint density at radius 3 is 2.88 bits per heavy atom. The molecule has 2 rings (SSSR count). The topological polar surface area (TPSA) is 49.7 Å². The first-order valence-corrected chi connectivity index (χ1v) is 5.21. The third-order valence-corrected chi connectivity index (χ3v) is 2.45. The van der Waals surface area contributed by atoms with Crippen molar-refractivity contribution in [1.82, 2.24) is 0 Å². The molecule has 1 atom stereocenters. The number of hydrogen-bond donors (Lipinski definition) is 2. The van der Waals surface area contributed by atoms with Crippen molar-refractivity contribution < 1.29 is 14.9 Å². The molecule has 1 aromatic rings. The molecule has 0 radical (unpaired) electrons. The lowest BCUT2D eigenvalue weighted by molar-refractivity contribution is 0.271. The van der Waals surface area contributed by atoms with Crippen LogP contribution >= 0.6 is 0 Å². The number of ether oxygens (including phenoxy) is 1. The molecule has 84 valence electrons. The predicted octanol–water partition coefficient (Wildman–Crippen LogP) is 2.53. The largest absolute Gasteiger partial charge is 0.508 e. The minimum absolute atomic E-state index is 0.00284. The lowest BCUT2D eigenvalue weighted by atomic mass is 10.1. The van der Waals surface area contributed by atoms with Crippen molar-refractivity contribution in [1.29, 1.82) is 0 Å². The monoisotopic (exact) mass is 218 g/mol. The number of benzene rings is 1. The zero-order chi connectivity index (χ0) is 11.5. The van der Waals surface area contributed by atoms with Crippen molar-refractivity contribution in [3.63, 3.8) is 0 Å². The van der Waals surface area contributed by atoms with Crippen LogP contribution in [0.1, 0.15) is 12.5 Å². The number of fused-ring (bicyclic) bond motifs is 1. The van der Waals surface area contributed by atoms with E-state index in [0.717, 1.165) is 5.56 Å². The van der Waals surface area contributed by atoms with Crippen LogP contribution in [0.25, 0.3) is 0 Å². The second kappa shape index (κ2) is 4.31. The Labute approximate surface area is 94.3 Å². The molecule has 1 heterocycles. The normalized spacial score (nSPS) is 19.2. The van der Waals surface area contributed by atoms with E-state index in [1.54, 1.807) is 6.07 Å². The first kappa shape index (κ1) is 10.6. The summed E-state index contributed by atoms with van der Waals surface area (Å²) in [6, 6.07) is 2.91. The minimum atomic E-state index is -0.0705. The van der Waals surface area contributed by atoms with Gasteiger partial charge in [-0.05, 0) is 19.1 Å². The van der Waals surface area contributed by atoms with Gasteiger partial charge < -0.3 is 14.9 Å². The molecule has 1 aromatic carbocycles. The highest BCUT2D eigenvalue weighted by Crippen LogP contribution is 2.40. The first-order valence-electron chi connectivity index (χ1n) is 5.21. The average Bonchev–Trinajstić information content (AvgIpc) is 2.61. The van der Waals surface area contributed by atoms with E-state index in [1.165, 1.54) is 6.07 Å². The molecule has 3 nitrogen and oxygen atoms in total. The van der Waals surface area contributed by atoms with Crippen LogP contribution in [0.2, 0.25) is 0 Å². The van der Waals surface area contributed by atoms with Crippen molar-refractivity contribution in [3.05, 3.63) is 42.0 Å². The van der Waals surface area contributed by atoms with E-state index in [4.69, 9.17) is 4.74 Å². The number of phenols is 2. The highest BCUT2D eigenvalue weighted by Gasteiger charge is 2.24. The van der Waals surface area contributed by atoms with Crippen molar-refractivity contribution in [2.24, 2.45) is 0 Å². The van der Waals surface area contributed by atoms with E-state index in [-0.39, 0.29) is 17.6 Å². The molecule has 0 saturated heterocycles. The average molecular weight is 218 g/mol. The molecule has 0 bridgehead atoms. The number of phenolic OH excluding ortho intramolecular Hbond substituents is 2. The van der Waals surface area contributed by atoms with Crippen LogP contribution in [0, 0.1) is 0 Å². The minimum Gasteiger partial charge on any atom is -0.508 e. The summed E-state index contributed by atoms with van der Waals surface area (Å²) in [5.74, 6) is 0.544. The molecule has 0 unspecified atom stereocenters. The highest BCUT2D eigenvalue weighted by atomic mass is 16.5. The third kappa shape index (κ3) is 2.03. The quantitative estimate of drug-likeness (QED) is 0.750. The van der Waals surface area contributed by atoms with Gasteiger partial charge in [0.1, 0.15) is 11.9 Å². The van der Waals surface area contributed by atoms with E-state index < -0.39 is 0 Å². The van der Waals surface area contributed by atoms with Gasteiger partial charge in [-0.25, -0.2) is 0 Å². The van der Waals surface area contributed by atoms with Gasteiger partial charge in [-0.2, -0.15) is 0 Å². The van der Waals surface area contributed by atoms with E-state index >= 15 is 0 Å². The molecule has 0 aromatic heterocycles. The summed E-state index contributed by atoms with van der Waals surface area (Å²) in [4.78, 5) is 0. The molecule has 0 saturated carbocycles. The number of allylic oxidation sites excluding steroid dienone is 3. The maximum Gasteiger partial charge on any atom is 0.165 e. The smallest absolute Gasteiger partial charge is 0.165 e. The fourth-order valence-electron chi connectivity index (χ4n) is 1.76. The fraction of sp³-hybridized carbons (Fsp3) is 0.231. The van der Waals surface area contributed by atoms with Crippen LogP contribution in [0.5, 0.6) is 17.2 Å². The van der Waals surface area contributed by atoms with Gasteiger partial charge in [-0.1, -0.05) is 18.2 Å². The molecule has 2 N–H and O–H groups in total. The molecule has 0 fully saturated rings. The summed E-state index contributed by atoms with van der Waals surface area (Å²) in [7, 11) is 0. The second-order valence-corrected chi connectivity index (χ2v) is 3.72. The van der Waals surface area contributed by atoms with Gasteiger partial charge in [-0.3, -0.25) is 0 Å². The van der Waals surface area contributed by atoms with Gasteiger partial charge in [0.15, 0.2) is 11.5 Å². The van der Waals surface area contributed by atoms with Crippen LogP contribution in [0.4, 0.5) is 0 Å². The maximum atomic E-state index is 9.58. The Morgan fingerprint density at radius 1 is 1.31 bits per heavy atom. The van der Waals surface area contributed by atoms with Crippen molar-refractivity contribution in [2.45, 2.75) is 19.4 Å². The van der Waals surface area contributed by atoms with Gasteiger partial charge in [0.2, 0.25) is 0 Å². The van der Waals surface area contributed by atoms with Crippen LogP contribution in [-0.4, -0.2) is 16.3 Å². The zero-order valence-electron chi connectivity index (χ0n) is 9.05. The Hall–Kier alpha value is -1.90. The zero-order valence-corrected chi connectivity index (χ0v) is 9.05. The number of hydrogen-bond acceptors (Lipinski definition) is 3. The van der Waals surface area contributed by atoms with E-state index in [9.17, 15) is 10.2 Å². The summed E-state index contributed by atoms with van der Waals surface area (Å²) < 4.78 is 5.56. The van der Waals surface area contributed by atoms with Crippen LogP contribution in [-0.2, 0) is 6.42 Å². The summed E-state index contributed by atoms with van der Waals surface area (Å²) in [5.41, 5.74) is 0.840. The Morgan fingerprint density at radius 2 is 2.12 bits per heavy atom. The molecule has 16 heavy (non-hydrogen) atoms. The third-order valence-electron chi connectivity index (χ3n) is 2.45. The van der Waals surface area contributed by atoms with E-state index in [1.807, 2.05) is 31.2 Å². The Kier molecular flexibility index (Phi) is 2.86. The van der Waals surface area contributed by atoms with Crippen LogP contribution in [0.15, 0.2) is 36.4 Å². The molecule has 0 aliphatic carbocycles. The van der Waals surface area contributed by atoms with E-state index in [2.05, 4.69) is 0 Å². The van der Waals surface area contributed by atoms with E-state index in [0.29, 0.717) is 12.2 Å². The van der Waals surface area contributed by atoms with Crippen molar-refractivity contribution in [2.75, 3.05) is 0 Å². The standard InChI is InChI=1S/C13H14O3/c1-2-3-4-5-11-7-9-6-10(14)8-12(15)13(9)16-11/h2-6,8,11,14-15H,7H2,1H3/t11-/m1/s1. The molecular weight excluding hydrogens is 204 g/mol. The molecule has 1 aliphatic heterocycles. The lowest BCUT2D eigenvalue weighted by Gasteiger charge is -2.05. The lowest BCUT2D eigenvalue weighted by Crippen LogP contribution is -2.08. The second-order valence-electron chi connectivity index (χ2n) is 3.72. The molecule has 0 spiro atoms. The molecule has 1 aliphatic rings. The Balaban J connectivity index is 2.18. The summed E-state index contributed by atoms with van der Waals surface area (Å²) >= 11 is 0. The van der Waals surface area contributed by atoms with Gasteiger partial charge >= 0.3 is 0 Å². The van der Waals surface area contributed by atoms with Crippen LogP contribution < -0.4 is 4.74 Å². The van der Waals surface area contributed by atoms with Crippen molar-refractivity contribution >= 4 is 0 Å². The molecular formula is C13H14O3. The predicted molar refractivity (Wildman–Crippen MR) is 61.8 cm³/mol. The van der Waals surface area contributed by atoms with Gasteiger partial charge in [0.25, 0.3) is 0 Å². The fourth-order valence-corrected chi connectivity index (χ4v) is 1.76. The maximum absolute atomic E-state index is 9.58. The molecule has 3 heteroatoms. The van der Waals surface area contributed by atoms with Gasteiger partial charge in [-0.15, -0.1) is 0 Å². The van der Waals surface area contributed by atoms with Gasteiger partial charge in [0.05, 0.1) is 0 Å². The first-order chi connectivity index (χ1) is 7.70. The number of rotatable bonds is 2. The van der Waals surface area contributed by atoms with Crippen LogP contribution in [0.3, 0.4) is 0 Å². The summed E-state index contributed by atoms with van der Waals surface area (Å²) in [6.07, 6.45) is 8.29. The van der Waals surface area contributed by atoms with Crippen molar-refractivity contribution in [3.8, 4) is 17.2 Å². The van der Waals surface area contributed by atoms with Gasteiger partial charge in [0, 0.05) is 18.1 Å². The Bertz CT molecular complexity index is 447. The summed E-state index contributed by atoms with van der Waals surface area (Å²) in [5, 5.41) is 18.9. The number of aromatic hydroxyl groups is 2. The highest BCUT2D eigenvalue weighted by molar-refractivity contribution is 5.53.